The average molecular weight is 307 g/mol. The molecule has 1 aliphatic rings. The van der Waals surface area contributed by atoms with Crippen LogP contribution < -0.4 is 15.2 Å². The van der Waals surface area contributed by atoms with E-state index in [1.807, 2.05) is 0 Å². The fourth-order valence-electron chi connectivity index (χ4n) is 2.04. The number of nitrogens with zero attached hydrogens (tertiary/aromatic N) is 2. The molecule has 3 rings (SSSR count). The van der Waals surface area contributed by atoms with E-state index in [0.29, 0.717) is 22.9 Å². The first-order chi connectivity index (χ1) is 9.95. The fourth-order valence-corrected chi connectivity index (χ4v) is 3.40. The summed E-state index contributed by atoms with van der Waals surface area (Å²) >= 11 is 0. The van der Waals surface area contributed by atoms with Crippen molar-refractivity contribution in [1.82, 2.24) is 9.97 Å². The average Bonchev–Trinajstić information content (AvgIpc) is 2.85. The van der Waals surface area contributed by atoms with Crippen LogP contribution in [0.1, 0.15) is 11.4 Å². The van der Waals surface area contributed by atoms with Gasteiger partial charge in [0.05, 0.1) is 11.9 Å². The van der Waals surface area contributed by atoms with Crippen molar-refractivity contribution < 1.29 is 17.9 Å². The topological polar surface area (TPSA) is 104 Å². The molecular weight excluding hydrogens is 294 g/mol. The minimum atomic E-state index is -3.62. The molecule has 0 saturated carbocycles. The molecule has 8 heteroatoms. The Morgan fingerprint density at radius 1 is 1.29 bits per heavy atom. The molecule has 2 aromatic rings. The molecule has 2 heterocycles. The largest absolute Gasteiger partial charge is 0.454 e. The molecule has 0 radical (unpaired) electrons. The van der Waals surface area contributed by atoms with E-state index in [1.165, 1.54) is 6.20 Å². The zero-order chi connectivity index (χ0) is 15.0. The van der Waals surface area contributed by atoms with Crippen LogP contribution >= 0.6 is 0 Å². The number of hydrogen-bond donors (Lipinski definition) is 1. The van der Waals surface area contributed by atoms with E-state index < -0.39 is 9.84 Å². The van der Waals surface area contributed by atoms with Crippen molar-refractivity contribution in [3.8, 4) is 11.5 Å². The number of hydrogen-bond acceptors (Lipinski definition) is 7. The van der Waals surface area contributed by atoms with E-state index in [0.717, 1.165) is 0 Å². The number of nitrogens with two attached hydrogens (primary N) is 1. The minimum Gasteiger partial charge on any atom is -0.454 e. The molecule has 2 N–H and O–H groups in total. The van der Waals surface area contributed by atoms with E-state index in [2.05, 4.69) is 9.97 Å². The molecule has 1 aliphatic heterocycles. The molecule has 1 aromatic carbocycles. The summed E-state index contributed by atoms with van der Waals surface area (Å²) < 4.78 is 35.2. The highest BCUT2D eigenvalue weighted by atomic mass is 32.2. The Kier molecular flexibility index (Phi) is 3.17. The number of aryl methyl sites for hydroxylation is 1. The molecule has 0 spiro atoms. The van der Waals surface area contributed by atoms with Crippen molar-refractivity contribution in [3.05, 3.63) is 35.8 Å². The highest BCUT2D eigenvalue weighted by molar-refractivity contribution is 7.90. The van der Waals surface area contributed by atoms with Gasteiger partial charge >= 0.3 is 0 Å². The van der Waals surface area contributed by atoms with Crippen molar-refractivity contribution in [2.24, 2.45) is 0 Å². The maximum atomic E-state index is 12.4. The quantitative estimate of drug-likeness (QED) is 0.904. The predicted octanol–water partition coefficient (Wildman–Crippen LogP) is 1.07. The third-order valence-electron chi connectivity index (χ3n) is 3.03. The van der Waals surface area contributed by atoms with Crippen LogP contribution in [0.4, 0.5) is 5.82 Å². The van der Waals surface area contributed by atoms with Crippen molar-refractivity contribution >= 4 is 15.7 Å². The number of benzene rings is 1. The summed E-state index contributed by atoms with van der Waals surface area (Å²) in [7, 11) is -3.62. The highest BCUT2D eigenvalue weighted by Gasteiger charge is 2.22. The van der Waals surface area contributed by atoms with Gasteiger partial charge in [-0.25, -0.2) is 18.4 Å². The summed E-state index contributed by atoms with van der Waals surface area (Å²) in [6, 6.07) is 5.00. The highest BCUT2D eigenvalue weighted by Crippen LogP contribution is 2.33. The molecule has 1 aromatic heterocycles. The van der Waals surface area contributed by atoms with Gasteiger partial charge in [0.25, 0.3) is 0 Å². The van der Waals surface area contributed by atoms with Crippen LogP contribution in [0.2, 0.25) is 0 Å². The van der Waals surface area contributed by atoms with Crippen LogP contribution in [0.25, 0.3) is 0 Å². The molecule has 7 nitrogen and oxygen atoms in total. The third-order valence-corrected chi connectivity index (χ3v) is 4.73. The van der Waals surface area contributed by atoms with Gasteiger partial charge < -0.3 is 15.2 Å². The molecule has 0 fully saturated rings. The standard InChI is InChI=1S/C13H13N3O4S/c1-8-15-5-12(13(14)16-8)21(17,18)6-9-2-3-10-11(4-9)20-7-19-10/h2-5H,6-7H2,1H3,(H2,14,15,16). The van der Waals surface area contributed by atoms with Crippen molar-refractivity contribution in [3.63, 3.8) is 0 Å². The van der Waals surface area contributed by atoms with Crippen LogP contribution in [-0.4, -0.2) is 25.2 Å². The van der Waals surface area contributed by atoms with Gasteiger partial charge in [-0.1, -0.05) is 6.07 Å². The van der Waals surface area contributed by atoms with Crippen molar-refractivity contribution in [2.75, 3.05) is 12.5 Å². The first-order valence-electron chi connectivity index (χ1n) is 6.16. The van der Waals surface area contributed by atoms with Gasteiger partial charge in [0.15, 0.2) is 21.3 Å². The second-order valence-electron chi connectivity index (χ2n) is 4.61. The molecule has 0 aliphatic carbocycles. The Labute approximate surface area is 121 Å². The summed E-state index contributed by atoms with van der Waals surface area (Å²) in [6.45, 7) is 1.79. The smallest absolute Gasteiger partial charge is 0.231 e. The molecule has 0 atom stereocenters. The molecule has 0 amide bonds. The number of anilines is 1. The maximum absolute atomic E-state index is 12.4. The van der Waals surface area contributed by atoms with E-state index in [4.69, 9.17) is 15.2 Å². The molecular formula is C13H13N3O4S. The predicted molar refractivity (Wildman–Crippen MR) is 74.6 cm³/mol. The Hall–Kier alpha value is -2.35. The molecule has 0 bridgehead atoms. The number of nitrogen functional groups attached to an aromatic ring is 1. The zero-order valence-electron chi connectivity index (χ0n) is 11.2. The number of rotatable bonds is 3. The molecule has 110 valence electrons. The monoisotopic (exact) mass is 307 g/mol. The Morgan fingerprint density at radius 3 is 2.81 bits per heavy atom. The number of sulfone groups is 1. The zero-order valence-corrected chi connectivity index (χ0v) is 12.1. The van der Waals surface area contributed by atoms with Crippen molar-refractivity contribution in [1.29, 1.82) is 0 Å². The van der Waals surface area contributed by atoms with Gasteiger partial charge in [0, 0.05) is 0 Å². The number of fused-ring (bicyclic) bond motifs is 1. The van der Waals surface area contributed by atoms with E-state index in [1.54, 1.807) is 25.1 Å². The van der Waals surface area contributed by atoms with Gasteiger partial charge in [-0.15, -0.1) is 0 Å². The normalized spacial score (nSPS) is 13.4. The van der Waals surface area contributed by atoms with Crippen LogP contribution in [0.5, 0.6) is 11.5 Å². The third kappa shape index (κ3) is 2.62. The van der Waals surface area contributed by atoms with Crippen LogP contribution in [0.15, 0.2) is 29.3 Å². The van der Waals surface area contributed by atoms with Crippen molar-refractivity contribution in [2.45, 2.75) is 17.6 Å². The minimum absolute atomic E-state index is 0.0387. The maximum Gasteiger partial charge on any atom is 0.231 e. The second kappa shape index (κ2) is 4.88. The first kappa shape index (κ1) is 13.6. The van der Waals surface area contributed by atoms with Gasteiger partial charge in [-0.3, -0.25) is 0 Å². The summed E-state index contributed by atoms with van der Waals surface area (Å²) in [6.07, 6.45) is 1.24. The van der Waals surface area contributed by atoms with Gasteiger partial charge in [0.1, 0.15) is 16.5 Å². The fraction of sp³-hybridized carbons (Fsp3) is 0.231. The molecule has 0 unspecified atom stereocenters. The first-order valence-corrected chi connectivity index (χ1v) is 7.81. The lowest BCUT2D eigenvalue weighted by atomic mass is 10.2. The van der Waals surface area contributed by atoms with Crippen LogP contribution in [-0.2, 0) is 15.6 Å². The van der Waals surface area contributed by atoms with Gasteiger partial charge in [-0.2, -0.15) is 0 Å². The van der Waals surface area contributed by atoms with E-state index in [-0.39, 0.29) is 23.3 Å². The second-order valence-corrected chi connectivity index (χ2v) is 6.57. The Bertz CT molecular complexity index is 805. The number of aromatic nitrogens is 2. The van der Waals surface area contributed by atoms with E-state index >= 15 is 0 Å². The van der Waals surface area contributed by atoms with Crippen LogP contribution in [0.3, 0.4) is 0 Å². The summed E-state index contributed by atoms with van der Waals surface area (Å²) in [5.41, 5.74) is 6.26. The summed E-state index contributed by atoms with van der Waals surface area (Å²) in [4.78, 5) is 7.71. The van der Waals surface area contributed by atoms with E-state index in [9.17, 15) is 8.42 Å². The Morgan fingerprint density at radius 2 is 2.05 bits per heavy atom. The summed E-state index contributed by atoms with van der Waals surface area (Å²) in [5, 5.41) is 0. The molecule has 0 saturated heterocycles. The lowest BCUT2D eigenvalue weighted by molar-refractivity contribution is 0.174. The lowest BCUT2D eigenvalue weighted by Crippen LogP contribution is -2.10. The van der Waals surface area contributed by atoms with Gasteiger partial charge in [-0.05, 0) is 24.6 Å². The molecule has 21 heavy (non-hydrogen) atoms. The lowest BCUT2D eigenvalue weighted by Gasteiger charge is -2.07. The SMILES string of the molecule is Cc1ncc(S(=O)(=O)Cc2ccc3c(c2)OCO3)c(N)n1. The van der Waals surface area contributed by atoms with Gasteiger partial charge in [0.2, 0.25) is 6.79 Å². The van der Waals surface area contributed by atoms with Crippen LogP contribution in [0, 0.1) is 6.92 Å². The number of ether oxygens (including phenoxy) is 2. The Balaban J connectivity index is 1.92. The summed E-state index contributed by atoms with van der Waals surface area (Å²) in [5.74, 6) is 1.32.